The van der Waals surface area contributed by atoms with Crippen LogP contribution in [0.25, 0.3) is 0 Å². The van der Waals surface area contributed by atoms with Gasteiger partial charge in [0.1, 0.15) is 0 Å². The second kappa shape index (κ2) is 19.7. The zero-order chi connectivity index (χ0) is 19.3. The fourth-order valence-electron chi connectivity index (χ4n) is 1.61. The highest BCUT2D eigenvalue weighted by atomic mass is 13.9. The van der Waals surface area contributed by atoms with Crippen LogP contribution in [0.5, 0.6) is 0 Å². The summed E-state index contributed by atoms with van der Waals surface area (Å²) in [7, 11) is 0. The molecule has 0 aromatic heterocycles. The molecular formula is C25H36. The molecule has 0 aliphatic rings. The van der Waals surface area contributed by atoms with Crippen molar-refractivity contribution in [2.45, 2.75) is 48.0 Å². The molecule has 0 heteroatoms. The molecule has 136 valence electrons. The lowest BCUT2D eigenvalue weighted by molar-refractivity contribution is 1.14. The van der Waals surface area contributed by atoms with E-state index >= 15 is 0 Å². The molecule has 0 amide bonds. The molecule has 0 aliphatic carbocycles. The van der Waals surface area contributed by atoms with Crippen molar-refractivity contribution in [1.29, 1.82) is 0 Å². The number of rotatable bonds is 3. The van der Waals surface area contributed by atoms with Gasteiger partial charge in [0.15, 0.2) is 0 Å². The zero-order valence-corrected chi connectivity index (χ0v) is 17.0. The number of hydrogen-bond donors (Lipinski definition) is 0. The summed E-state index contributed by atoms with van der Waals surface area (Å²) in [5.74, 6) is 0. The van der Waals surface area contributed by atoms with Crippen LogP contribution in [0.2, 0.25) is 0 Å². The largest absolute Gasteiger partial charge is 0.0991 e. The topological polar surface area (TPSA) is 0 Å². The second-order valence-electron chi connectivity index (χ2n) is 5.14. The molecule has 0 nitrogen and oxygen atoms in total. The van der Waals surface area contributed by atoms with E-state index in [1.165, 1.54) is 16.7 Å². The molecule has 2 aromatic carbocycles. The monoisotopic (exact) mass is 336 g/mol. The summed E-state index contributed by atoms with van der Waals surface area (Å²) >= 11 is 0. The van der Waals surface area contributed by atoms with Gasteiger partial charge in [-0.1, -0.05) is 123 Å². The molecule has 2 rings (SSSR count). The Morgan fingerprint density at radius 2 is 1.28 bits per heavy atom. The lowest BCUT2D eigenvalue weighted by Crippen LogP contribution is -1.77. The van der Waals surface area contributed by atoms with E-state index in [2.05, 4.69) is 63.7 Å². The fraction of sp³-hybridized carbons (Fsp3) is 0.280. The van der Waals surface area contributed by atoms with Gasteiger partial charge < -0.3 is 0 Å². The van der Waals surface area contributed by atoms with Crippen molar-refractivity contribution in [1.82, 2.24) is 0 Å². The van der Waals surface area contributed by atoms with Crippen LogP contribution in [-0.4, -0.2) is 0 Å². The summed E-state index contributed by atoms with van der Waals surface area (Å²) in [6.45, 7) is 15.9. The Balaban J connectivity index is 0. The number of aryl methyl sites for hydroxylation is 3. The summed E-state index contributed by atoms with van der Waals surface area (Å²) in [6.07, 6.45) is 10.6. The standard InChI is InChI=1S/C9H12.C7H8.C7H10.C2H6/c1-3-9-6-4-8(2)5-7-9;1-7-5-3-2-4-6-7;1-3-5-7-6-4-2;1-2/h4-7H,3H2,1-2H3;2-6H,1H3;3-7H,1H2,2H3;1-2H3/b;;6-4-,7-5-;. The second-order valence-corrected chi connectivity index (χ2v) is 5.14. The molecule has 0 heterocycles. The van der Waals surface area contributed by atoms with Crippen molar-refractivity contribution in [3.63, 3.8) is 0 Å². The van der Waals surface area contributed by atoms with E-state index in [1.54, 1.807) is 6.08 Å². The van der Waals surface area contributed by atoms with E-state index in [9.17, 15) is 0 Å². The minimum Gasteiger partial charge on any atom is -0.0991 e. The first kappa shape index (κ1) is 24.9. The molecule has 25 heavy (non-hydrogen) atoms. The SMILES string of the molecule is C=C/C=C\C=C/C.CC.CCc1ccc(C)cc1.Cc1ccccc1. The van der Waals surface area contributed by atoms with Gasteiger partial charge in [-0.3, -0.25) is 0 Å². The van der Waals surface area contributed by atoms with E-state index in [0.717, 1.165) is 6.42 Å². The lowest BCUT2D eigenvalue weighted by Gasteiger charge is -1.94. The summed E-state index contributed by atoms with van der Waals surface area (Å²) < 4.78 is 0. The number of benzene rings is 2. The van der Waals surface area contributed by atoms with Crippen LogP contribution in [-0.2, 0) is 6.42 Å². The maximum atomic E-state index is 3.51. The van der Waals surface area contributed by atoms with Crippen LogP contribution in [0.3, 0.4) is 0 Å². The molecule has 0 saturated carbocycles. The molecule has 0 fully saturated rings. The first-order valence-electron chi connectivity index (χ1n) is 9.11. The minimum absolute atomic E-state index is 1.14. The highest BCUT2D eigenvalue weighted by Gasteiger charge is 1.84. The van der Waals surface area contributed by atoms with Gasteiger partial charge in [0.2, 0.25) is 0 Å². The van der Waals surface area contributed by atoms with Crippen LogP contribution in [0.15, 0.2) is 91.6 Å². The Bertz CT molecular complexity index is 557. The van der Waals surface area contributed by atoms with Crippen molar-refractivity contribution in [3.05, 3.63) is 108 Å². The fourth-order valence-corrected chi connectivity index (χ4v) is 1.61. The van der Waals surface area contributed by atoms with E-state index in [1.807, 2.05) is 63.3 Å². The van der Waals surface area contributed by atoms with Crippen molar-refractivity contribution in [3.8, 4) is 0 Å². The average Bonchev–Trinajstić information content (AvgIpc) is 2.66. The highest BCUT2D eigenvalue weighted by Crippen LogP contribution is 2.02. The quantitative estimate of drug-likeness (QED) is 0.500. The van der Waals surface area contributed by atoms with Gasteiger partial charge >= 0.3 is 0 Å². The molecule has 0 aliphatic heterocycles. The van der Waals surface area contributed by atoms with Crippen molar-refractivity contribution >= 4 is 0 Å². The Labute approximate surface area is 156 Å². The van der Waals surface area contributed by atoms with Gasteiger partial charge in [-0.25, -0.2) is 0 Å². The smallest absolute Gasteiger partial charge is 0.0307 e. The summed E-state index contributed by atoms with van der Waals surface area (Å²) in [5, 5.41) is 0. The number of allylic oxidation sites excluding steroid dienone is 5. The third-order valence-corrected chi connectivity index (χ3v) is 3.02. The molecule has 0 saturated heterocycles. The third kappa shape index (κ3) is 17.8. The lowest BCUT2D eigenvalue weighted by atomic mass is 10.1. The van der Waals surface area contributed by atoms with Crippen molar-refractivity contribution < 1.29 is 0 Å². The zero-order valence-electron chi connectivity index (χ0n) is 17.0. The first-order valence-corrected chi connectivity index (χ1v) is 9.11. The van der Waals surface area contributed by atoms with Crippen LogP contribution >= 0.6 is 0 Å². The van der Waals surface area contributed by atoms with Gasteiger partial charge in [-0.05, 0) is 32.8 Å². The molecule has 2 aromatic rings. The van der Waals surface area contributed by atoms with Gasteiger partial charge in [-0.15, -0.1) is 0 Å². The molecular weight excluding hydrogens is 300 g/mol. The van der Waals surface area contributed by atoms with Gasteiger partial charge in [0.05, 0.1) is 0 Å². The predicted octanol–water partition coefficient (Wildman–Crippen LogP) is 7.88. The van der Waals surface area contributed by atoms with Gasteiger partial charge in [-0.2, -0.15) is 0 Å². The first-order chi connectivity index (χ1) is 12.1. The van der Waals surface area contributed by atoms with E-state index in [0.29, 0.717) is 0 Å². The summed E-state index contributed by atoms with van der Waals surface area (Å²) in [5.41, 5.74) is 4.08. The van der Waals surface area contributed by atoms with Crippen LogP contribution in [0, 0.1) is 13.8 Å². The normalized spacial score (nSPS) is 9.20. The Kier molecular flexibility index (Phi) is 19.6. The number of hydrogen-bond acceptors (Lipinski definition) is 0. The minimum atomic E-state index is 1.14. The van der Waals surface area contributed by atoms with Crippen molar-refractivity contribution in [2.75, 3.05) is 0 Å². The van der Waals surface area contributed by atoms with Gasteiger partial charge in [0, 0.05) is 0 Å². The van der Waals surface area contributed by atoms with E-state index in [4.69, 9.17) is 0 Å². The Morgan fingerprint density at radius 1 is 0.760 bits per heavy atom. The predicted molar refractivity (Wildman–Crippen MR) is 117 cm³/mol. The van der Waals surface area contributed by atoms with Crippen LogP contribution in [0.1, 0.15) is 44.4 Å². The van der Waals surface area contributed by atoms with E-state index < -0.39 is 0 Å². The third-order valence-electron chi connectivity index (χ3n) is 3.02. The molecule has 0 N–H and O–H groups in total. The van der Waals surface area contributed by atoms with Crippen molar-refractivity contribution in [2.24, 2.45) is 0 Å². The molecule has 0 spiro atoms. The van der Waals surface area contributed by atoms with E-state index in [-0.39, 0.29) is 0 Å². The average molecular weight is 337 g/mol. The van der Waals surface area contributed by atoms with Crippen LogP contribution < -0.4 is 0 Å². The molecule has 0 radical (unpaired) electrons. The highest BCUT2D eigenvalue weighted by molar-refractivity contribution is 5.20. The maximum Gasteiger partial charge on any atom is -0.0307 e. The molecule has 0 bridgehead atoms. The van der Waals surface area contributed by atoms with Crippen LogP contribution in [0.4, 0.5) is 0 Å². The Morgan fingerprint density at radius 3 is 1.64 bits per heavy atom. The molecule has 0 unspecified atom stereocenters. The summed E-state index contributed by atoms with van der Waals surface area (Å²) in [4.78, 5) is 0. The summed E-state index contributed by atoms with van der Waals surface area (Å²) in [6, 6.07) is 18.9. The maximum absolute atomic E-state index is 3.51. The molecule has 0 atom stereocenters. The Hall–Kier alpha value is -2.34. The van der Waals surface area contributed by atoms with Gasteiger partial charge in [0.25, 0.3) is 0 Å².